The summed E-state index contributed by atoms with van der Waals surface area (Å²) in [6.07, 6.45) is 0. The summed E-state index contributed by atoms with van der Waals surface area (Å²) < 4.78 is 1.71. The summed E-state index contributed by atoms with van der Waals surface area (Å²) in [6, 6.07) is 1.73. The molecule has 1 N–H and O–H groups in total. The monoisotopic (exact) mass is 390 g/mol. The molecule has 0 aliphatic rings. The van der Waals surface area contributed by atoms with Crippen molar-refractivity contribution in [2.24, 2.45) is 0 Å². The number of rotatable bonds is 2. The molecule has 8 heteroatoms. The molecule has 0 spiro atoms. The Balaban J connectivity index is 2.18. The van der Waals surface area contributed by atoms with Gasteiger partial charge in [-0.15, -0.1) is 16.4 Å². The molecule has 2 rings (SSSR count). The fraction of sp³-hybridized carbons (Fsp3) is 0.200. The molecule has 2 heterocycles. The van der Waals surface area contributed by atoms with Crippen LogP contribution in [-0.2, 0) is 0 Å². The van der Waals surface area contributed by atoms with Crippen LogP contribution in [0.25, 0.3) is 0 Å². The van der Waals surface area contributed by atoms with Crippen LogP contribution in [-0.4, -0.2) is 21.1 Å². The summed E-state index contributed by atoms with van der Waals surface area (Å²) in [5, 5.41) is 10.3. The first kappa shape index (κ1) is 13.6. The molecule has 2 aromatic rings. The number of nitrogens with zero attached hydrogens (tertiary/aromatic N) is 3. The number of halogens is 2. The highest BCUT2D eigenvalue weighted by molar-refractivity contribution is 9.13. The topological polar surface area (TPSA) is 67.8 Å². The maximum Gasteiger partial charge on any atom is 0.268 e. The number of aromatic nitrogens is 3. The van der Waals surface area contributed by atoms with Gasteiger partial charge in [0, 0.05) is 4.47 Å². The van der Waals surface area contributed by atoms with Crippen molar-refractivity contribution in [2.75, 3.05) is 5.32 Å². The van der Waals surface area contributed by atoms with Gasteiger partial charge in [0.05, 0.1) is 20.1 Å². The van der Waals surface area contributed by atoms with Crippen molar-refractivity contribution in [3.8, 4) is 0 Å². The standard InChI is InChI=1S/C10H8Br2N4OS/c1-4-5(2)15-16-10(13-4)14-9(17)7-3-6(11)8(12)18-7/h3H,1-2H3,(H,13,14,16,17). The molecule has 0 atom stereocenters. The maximum atomic E-state index is 11.9. The summed E-state index contributed by atoms with van der Waals surface area (Å²) >= 11 is 8.00. The van der Waals surface area contributed by atoms with Crippen molar-refractivity contribution in [3.05, 3.63) is 30.6 Å². The maximum absolute atomic E-state index is 11.9. The summed E-state index contributed by atoms with van der Waals surface area (Å²) in [4.78, 5) is 16.6. The molecule has 0 radical (unpaired) electrons. The summed E-state index contributed by atoms with van der Waals surface area (Å²) in [5.74, 6) is -0.0415. The van der Waals surface area contributed by atoms with Crippen molar-refractivity contribution in [3.63, 3.8) is 0 Å². The lowest BCUT2D eigenvalue weighted by Crippen LogP contribution is -2.14. The molecular formula is C10H8Br2N4OS. The summed E-state index contributed by atoms with van der Waals surface area (Å²) in [6.45, 7) is 3.63. The second kappa shape index (κ2) is 5.41. The number of aryl methyl sites for hydroxylation is 2. The molecule has 0 saturated heterocycles. The average molecular weight is 392 g/mol. The Morgan fingerprint density at radius 2 is 2.00 bits per heavy atom. The van der Waals surface area contributed by atoms with Gasteiger partial charge < -0.3 is 0 Å². The van der Waals surface area contributed by atoms with E-state index in [9.17, 15) is 4.79 Å². The van der Waals surface area contributed by atoms with E-state index < -0.39 is 0 Å². The van der Waals surface area contributed by atoms with Gasteiger partial charge in [0.25, 0.3) is 5.91 Å². The Bertz CT molecular complexity index is 594. The second-order valence-corrected chi connectivity index (χ2v) is 6.72. The number of nitrogens with one attached hydrogen (secondary N) is 1. The van der Waals surface area contributed by atoms with E-state index in [0.717, 1.165) is 19.6 Å². The molecule has 0 bridgehead atoms. The first-order chi connectivity index (χ1) is 8.47. The molecular weight excluding hydrogens is 384 g/mol. The van der Waals surface area contributed by atoms with E-state index in [4.69, 9.17) is 0 Å². The van der Waals surface area contributed by atoms with Crippen molar-refractivity contribution in [1.29, 1.82) is 0 Å². The Hall–Kier alpha value is -0.860. The molecule has 0 aliphatic carbocycles. The highest BCUT2D eigenvalue weighted by Crippen LogP contribution is 2.32. The van der Waals surface area contributed by atoms with E-state index >= 15 is 0 Å². The number of anilines is 1. The number of hydrogen-bond donors (Lipinski definition) is 1. The molecule has 0 fully saturated rings. The van der Waals surface area contributed by atoms with Crippen LogP contribution >= 0.6 is 43.2 Å². The van der Waals surface area contributed by atoms with E-state index in [0.29, 0.717) is 4.88 Å². The average Bonchev–Trinajstić information content (AvgIpc) is 2.65. The highest BCUT2D eigenvalue weighted by atomic mass is 79.9. The number of carbonyl (C=O) groups is 1. The Morgan fingerprint density at radius 3 is 2.56 bits per heavy atom. The normalized spacial score (nSPS) is 10.4. The summed E-state index contributed by atoms with van der Waals surface area (Å²) in [5.41, 5.74) is 1.49. The molecule has 0 aliphatic heterocycles. The molecule has 18 heavy (non-hydrogen) atoms. The van der Waals surface area contributed by atoms with Gasteiger partial charge >= 0.3 is 0 Å². The van der Waals surface area contributed by atoms with Crippen LogP contribution in [0.4, 0.5) is 5.95 Å². The molecule has 0 aromatic carbocycles. The predicted octanol–water partition coefficient (Wildman–Crippen LogP) is 3.33. The van der Waals surface area contributed by atoms with Crippen LogP contribution in [0.15, 0.2) is 14.3 Å². The van der Waals surface area contributed by atoms with Gasteiger partial charge in [0.1, 0.15) is 0 Å². The molecule has 1 amide bonds. The van der Waals surface area contributed by atoms with Crippen LogP contribution in [0.2, 0.25) is 0 Å². The minimum Gasteiger partial charge on any atom is -0.288 e. The Morgan fingerprint density at radius 1 is 1.28 bits per heavy atom. The fourth-order valence-electron chi connectivity index (χ4n) is 1.13. The molecule has 5 nitrogen and oxygen atoms in total. The second-order valence-electron chi connectivity index (χ2n) is 3.49. The van der Waals surface area contributed by atoms with Gasteiger partial charge in [-0.1, -0.05) is 0 Å². The highest BCUT2D eigenvalue weighted by Gasteiger charge is 2.13. The Labute approximate surface area is 124 Å². The van der Waals surface area contributed by atoms with Gasteiger partial charge in [-0.25, -0.2) is 4.98 Å². The van der Waals surface area contributed by atoms with E-state index in [2.05, 4.69) is 52.4 Å². The third kappa shape index (κ3) is 2.93. The fourth-order valence-corrected chi connectivity index (χ4v) is 3.06. The van der Waals surface area contributed by atoms with Gasteiger partial charge in [-0.05, 0) is 51.8 Å². The minimum absolute atomic E-state index is 0.212. The van der Waals surface area contributed by atoms with Crippen LogP contribution in [0.3, 0.4) is 0 Å². The van der Waals surface area contributed by atoms with Crippen molar-refractivity contribution >= 4 is 55.1 Å². The number of carbonyl (C=O) groups excluding carboxylic acids is 1. The van der Waals surface area contributed by atoms with Crippen molar-refractivity contribution in [2.45, 2.75) is 13.8 Å². The zero-order chi connectivity index (χ0) is 13.3. The van der Waals surface area contributed by atoms with Crippen LogP contribution in [0.5, 0.6) is 0 Å². The van der Waals surface area contributed by atoms with E-state index in [1.165, 1.54) is 11.3 Å². The number of amides is 1. The Kier molecular flexibility index (Phi) is 4.08. The van der Waals surface area contributed by atoms with Crippen LogP contribution in [0, 0.1) is 13.8 Å². The van der Waals surface area contributed by atoms with E-state index in [-0.39, 0.29) is 11.9 Å². The quantitative estimate of drug-likeness (QED) is 0.852. The zero-order valence-electron chi connectivity index (χ0n) is 9.49. The minimum atomic E-state index is -0.253. The molecule has 0 saturated carbocycles. The SMILES string of the molecule is Cc1nnc(NC(=O)c2cc(Br)c(Br)s2)nc1C. The predicted molar refractivity (Wildman–Crippen MR) is 77.0 cm³/mol. The first-order valence-electron chi connectivity index (χ1n) is 4.91. The van der Waals surface area contributed by atoms with E-state index in [1.54, 1.807) is 6.07 Å². The van der Waals surface area contributed by atoms with Crippen molar-refractivity contribution in [1.82, 2.24) is 15.2 Å². The lowest BCUT2D eigenvalue weighted by molar-refractivity contribution is 0.102. The summed E-state index contributed by atoms with van der Waals surface area (Å²) in [7, 11) is 0. The van der Waals surface area contributed by atoms with Crippen molar-refractivity contribution < 1.29 is 4.79 Å². The molecule has 94 valence electrons. The third-order valence-corrected chi connectivity index (χ3v) is 5.44. The zero-order valence-corrected chi connectivity index (χ0v) is 13.5. The van der Waals surface area contributed by atoms with E-state index in [1.807, 2.05) is 13.8 Å². The largest absolute Gasteiger partial charge is 0.288 e. The molecule has 0 unspecified atom stereocenters. The van der Waals surface area contributed by atoms with Crippen LogP contribution in [0.1, 0.15) is 21.1 Å². The third-order valence-electron chi connectivity index (χ3n) is 2.19. The molecule has 2 aromatic heterocycles. The van der Waals surface area contributed by atoms with Crippen LogP contribution < -0.4 is 5.32 Å². The number of thiophene rings is 1. The van der Waals surface area contributed by atoms with Gasteiger partial charge in [0.2, 0.25) is 5.95 Å². The smallest absolute Gasteiger partial charge is 0.268 e. The lowest BCUT2D eigenvalue weighted by atomic mass is 10.4. The first-order valence-corrected chi connectivity index (χ1v) is 7.31. The number of hydrogen-bond acceptors (Lipinski definition) is 5. The van der Waals surface area contributed by atoms with Gasteiger partial charge in [0.15, 0.2) is 0 Å². The van der Waals surface area contributed by atoms with Gasteiger partial charge in [-0.3, -0.25) is 10.1 Å². The lowest BCUT2D eigenvalue weighted by Gasteiger charge is -2.02. The van der Waals surface area contributed by atoms with Gasteiger partial charge in [-0.2, -0.15) is 5.10 Å².